The number of amides is 2. The van der Waals surface area contributed by atoms with Crippen LogP contribution >= 0.6 is 0 Å². The molecule has 4 heterocycles. The topological polar surface area (TPSA) is 112 Å². The zero-order chi connectivity index (χ0) is 20.2. The Labute approximate surface area is 167 Å². The van der Waals surface area contributed by atoms with Crippen molar-refractivity contribution in [3.8, 4) is 0 Å². The van der Waals surface area contributed by atoms with Crippen molar-refractivity contribution < 1.29 is 9.59 Å². The predicted molar refractivity (Wildman–Crippen MR) is 104 cm³/mol. The summed E-state index contributed by atoms with van der Waals surface area (Å²) in [5.74, 6) is 0.383. The summed E-state index contributed by atoms with van der Waals surface area (Å²) < 4.78 is 3.62. The number of fused-ring (bicyclic) bond motifs is 2. The highest BCUT2D eigenvalue weighted by molar-refractivity contribution is 5.95. The molecule has 9 nitrogen and oxygen atoms in total. The number of aromatic nitrogens is 5. The van der Waals surface area contributed by atoms with Gasteiger partial charge in [0, 0.05) is 26.1 Å². The lowest BCUT2D eigenvalue weighted by Gasteiger charge is -2.38. The third kappa shape index (κ3) is 2.43. The van der Waals surface area contributed by atoms with Crippen molar-refractivity contribution in [2.45, 2.75) is 31.3 Å². The number of hydrogen-bond donors (Lipinski definition) is 1. The summed E-state index contributed by atoms with van der Waals surface area (Å²) in [4.78, 5) is 31.4. The first-order valence-electron chi connectivity index (χ1n) is 9.63. The summed E-state index contributed by atoms with van der Waals surface area (Å²) in [6.45, 7) is 0.615. The summed E-state index contributed by atoms with van der Waals surface area (Å²) in [7, 11) is 1.78. The van der Waals surface area contributed by atoms with Crippen LogP contribution in [0.4, 0.5) is 5.82 Å². The highest BCUT2D eigenvalue weighted by Crippen LogP contribution is 2.46. The third-order valence-electron chi connectivity index (χ3n) is 6.15. The molecule has 0 radical (unpaired) electrons. The van der Waals surface area contributed by atoms with Crippen molar-refractivity contribution in [2.24, 2.45) is 11.7 Å². The van der Waals surface area contributed by atoms with Gasteiger partial charge >= 0.3 is 0 Å². The maximum absolute atomic E-state index is 13.7. The molecule has 0 fully saturated rings. The van der Waals surface area contributed by atoms with Crippen LogP contribution in [-0.4, -0.2) is 43.4 Å². The molecule has 2 amide bonds. The molecule has 1 aromatic carbocycles. The van der Waals surface area contributed by atoms with Crippen LogP contribution in [0.15, 0.2) is 42.6 Å². The van der Waals surface area contributed by atoms with Gasteiger partial charge in [0.15, 0.2) is 0 Å². The average molecular weight is 391 g/mol. The van der Waals surface area contributed by atoms with Gasteiger partial charge in [0.05, 0.1) is 12.1 Å². The lowest BCUT2D eigenvalue weighted by atomic mass is 9.74. The van der Waals surface area contributed by atoms with Gasteiger partial charge in [0.2, 0.25) is 11.7 Å². The molecule has 9 heteroatoms. The Morgan fingerprint density at radius 3 is 2.79 bits per heavy atom. The quantitative estimate of drug-likeness (QED) is 0.714. The summed E-state index contributed by atoms with van der Waals surface area (Å²) in [5, 5.41) is 8.82. The standard InChI is InChI=1S/C20H21N7O2/c1-25-16-8-11-22-26(16)12-9-14(19(25)29)20(13-5-3-2-4-6-13)10-7-15-23-18(17(21)28)24-27(15)20/h2-6,8,11,14H,7,9-10,12H2,1H3,(H2,21,28)/t14-,20?/m1/s1. The maximum Gasteiger partial charge on any atom is 0.288 e. The molecule has 0 bridgehead atoms. The minimum absolute atomic E-state index is 0.00271. The summed E-state index contributed by atoms with van der Waals surface area (Å²) >= 11 is 0. The number of nitrogens with two attached hydrogens (primary N) is 1. The number of carbonyl (C=O) groups is 2. The van der Waals surface area contributed by atoms with E-state index in [0.717, 1.165) is 11.4 Å². The second-order valence-corrected chi connectivity index (χ2v) is 7.57. The van der Waals surface area contributed by atoms with Crippen LogP contribution < -0.4 is 10.6 Å². The molecule has 148 valence electrons. The van der Waals surface area contributed by atoms with Crippen molar-refractivity contribution in [2.75, 3.05) is 11.9 Å². The molecule has 2 aliphatic heterocycles. The summed E-state index contributed by atoms with van der Waals surface area (Å²) in [6.07, 6.45) is 3.60. The fourth-order valence-electron chi connectivity index (χ4n) is 4.80. The minimum atomic E-state index is -0.729. The second kappa shape index (κ2) is 6.26. The Hall–Kier alpha value is -3.49. The van der Waals surface area contributed by atoms with Crippen molar-refractivity contribution in [3.05, 3.63) is 59.8 Å². The van der Waals surface area contributed by atoms with Gasteiger partial charge in [-0.05, 0) is 18.4 Å². The molecule has 0 spiro atoms. The van der Waals surface area contributed by atoms with Gasteiger partial charge in [0.1, 0.15) is 17.2 Å². The Balaban J connectivity index is 1.69. The molecule has 0 aliphatic carbocycles. The van der Waals surface area contributed by atoms with Crippen molar-refractivity contribution in [1.82, 2.24) is 24.5 Å². The van der Waals surface area contributed by atoms with E-state index in [2.05, 4.69) is 15.2 Å². The average Bonchev–Trinajstić information content (AvgIpc) is 3.42. The van der Waals surface area contributed by atoms with E-state index >= 15 is 0 Å². The fourth-order valence-corrected chi connectivity index (χ4v) is 4.80. The molecular formula is C20H21N7O2. The Morgan fingerprint density at radius 2 is 2.03 bits per heavy atom. The zero-order valence-electron chi connectivity index (χ0n) is 16.0. The predicted octanol–water partition coefficient (Wildman–Crippen LogP) is 0.946. The number of primary amides is 1. The Bertz CT molecular complexity index is 1100. The first-order chi connectivity index (χ1) is 14.0. The molecule has 1 unspecified atom stereocenters. The van der Waals surface area contributed by atoms with E-state index in [1.807, 2.05) is 41.1 Å². The van der Waals surface area contributed by atoms with Crippen LogP contribution in [-0.2, 0) is 23.3 Å². The van der Waals surface area contributed by atoms with Gasteiger partial charge in [-0.2, -0.15) is 5.10 Å². The molecule has 2 N–H and O–H groups in total. The number of nitrogens with zero attached hydrogens (tertiary/aromatic N) is 6. The molecular weight excluding hydrogens is 370 g/mol. The highest BCUT2D eigenvalue weighted by atomic mass is 16.2. The number of rotatable bonds is 3. The number of aryl methyl sites for hydroxylation is 2. The van der Waals surface area contributed by atoms with E-state index < -0.39 is 11.4 Å². The van der Waals surface area contributed by atoms with E-state index in [0.29, 0.717) is 31.6 Å². The van der Waals surface area contributed by atoms with Crippen LogP contribution in [0.3, 0.4) is 0 Å². The van der Waals surface area contributed by atoms with E-state index in [1.165, 1.54) is 0 Å². The first kappa shape index (κ1) is 17.6. The van der Waals surface area contributed by atoms with E-state index in [-0.39, 0.29) is 17.6 Å². The fraction of sp³-hybridized carbons (Fsp3) is 0.350. The first-order valence-corrected chi connectivity index (χ1v) is 9.63. The van der Waals surface area contributed by atoms with Crippen LogP contribution in [0, 0.1) is 5.92 Å². The molecule has 29 heavy (non-hydrogen) atoms. The van der Waals surface area contributed by atoms with Gasteiger partial charge in [-0.15, -0.1) is 5.10 Å². The highest BCUT2D eigenvalue weighted by Gasteiger charge is 2.52. The van der Waals surface area contributed by atoms with Crippen LogP contribution in [0.1, 0.15) is 34.8 Å². The number of benzene rings is 1. The Morgan fingerprint density at radius 1 is 1.24 bits per heavy atom. The molecule has 0 saturated heterocycles. The molecule has 3 aromatic rings. The van der Waals surface area contributed by atoms with Gasteiger partial charge < -0.3 is 5.73 Å². The molecule has 2 aromatic heterocycles. The van der Waals surface area contributed by atoms with E-state index in [9.17, 15) is 9.59 Å². The number of anilines is 1. The van der Waals surface area contributed by atoms with Crippen LogP contribution in [0.2, 0.25) is 0 Å². The summed E-state index contributed by atoms with van der Waals surface area (Å²) in [6, 6.07) is 11.7. The maximum atomic E-state index is 13.7. The summed E-state index contributed by atoms with van der Waals surface area (Å²) in [5.41, 5.74) is 5.68. The third-order valence-corrected chi connectivity index (χ3v) is 6.15. The lowest BCUT2D eigenvalue weighted by Crippen LogP contribution is -2.48. The lowest BCUT2D eigenvalue weighted by molar-refractivity contribution is -0.125. The minimum Gasteiger partial charge on any atom is -0.363 e. The van der Waals surface area contributed by atoms with Gasteiger partial charge in [-0.1, -0.05) is 30.3 Å². The van der Waals surface area contributed by atoms with Crippen molar-refractivity contribution in [1.29, 1.82) is 0 Å². The number of hydrogen-bond acceptors (Lipinski definition) is 5. The normalized spacial score (nSPS) is 23.6. The van der Waals surface area contributed by atoms with Gasteiger partial charge in [-0.3, -0.25) is 14.5 Å². The Kier molecular flexibility index (Phi) is 3.80. The second-order valence-electron chi connectivity index (χ2n) is 7.57. The van der Waals surface area contributed by atoms with E-state index in [4.69, 9.17) is 5.73 Å². The molecule has 0 saturated carbocycles. The molecule has 5 rings (SSSR count). The van der Waals surface area contributed by atoms with Crippen molar-refractivity contribution >= 4 is 17.6 Å². The van der Waals surface area contributed by atoms with Crippen LogP contribution in [0.25, 0.3) is 0 Å². The number of carbonyl (C=O) groups excluding carboxylic acids is 2. The van der Waals surface area contributed by atoms with Gasteiger partial charge in [0.25, 0.3) is 5.91 Å². The smallest absolute Gasteiger partial charge is 0.288 e. The zero-order valence-corrected chi connectivity index (χ0v) is 16.0. The SMILES string of the molecule is CN1C(=O)[C@H](C2(c3ccccc3)CCc3nc(C(N)=O)nn32)CCn2nccc21. The van der Waals surface area contributed by atoms with Crippen molar-refractivity contribution in [3.63, 3.8) is 0 Å². The largest absolute Gasteiger partial charge is 0.363 e. The van der Waals surface area contributed by atoms with Crippen LogP contribution in [0.5, 0.6) is 0 Å². The molecule has 2 atom stereocenters. The monoisotopic (exact) mass is 391 g/mol. The van der Waals surface area contributed by atoms with E-state index in [1.54, 1.807) is 22.8 Å². The van der Waals surface area contributed by atoms with Gasteiger partial charge in [-0.25, -0.2) is 14.3 Å². The molecule has 2 aliphatic rings.